The third-order valence-electron chi connectivity index (χ3n) is 5.89. The highest BCUT2D eigenvalue weighted by molar-refractivity contribution is 7.92. The van der Waals surface area contributed by atoms with Crippen molar-refractivity contribution in [1.29, 1.82) is 0 Å². The monoisotopic (exact) mass is 480 g/mol. The van der Waals surface area contributed by atoms with E-state index < -0.39 is 15.4 Å². The summed E-state index contributed by atoms with van der Waals surface area (Å²) in [5.74, 6) is 0.281. The van der Waals surface area contributed by atoms with Crippen molar-refractivity contribution in [2.45, 2.75) is 38.1 Å². The fourth-order valence-corrected chi connectivity index (χ4v) is 4.50. The lowest BCUT2D eigenvalue weighted by Gasteiger charge is -2.37. The molecule has 34 heavy (non-hydrogen) atoms. The molecule has 0 saturated carbocycles. The van der Waals surface area contributed by atoms with E-state index in [1.54, 1.807) is 24.3 Å². The van der Waals surface area contributed by atoms with Crippen molar-refractivity contribution < 1.29 is 13.2 Å². The Morgan fingerprint density at radius 2 is 1.26 bits per heavy atom. The molecule has 3 aromatic rings. The number of sulfonamides is 1. The summed E-state index contributed by atoms with van der Waals surface area (Å²) < 4.78 is 23.7. The Morgan fingerprint density at radius 1 is 0.853 bits per heavy atom. The van der Waals surface area contributed by atoms with Crippen LogP contribution in [0.4, 0.5) is 5.69 Å². The van der Waals surface area contributed by atoms with Gasteiger partial charge in [0.05, 0.1) is 11.7 Å². The second-order valence-electron chi connectivity index (χ2n) is 8.67. The number of hydrogen-bond acceptors (Lipinski definition) is 4. The normalized spacial score (nSPS) is 12.4. The first kappa shape index (κ1) is 27.3. The van der Waals surface area contributed by atoms with Crippen LogP contribution in [0.25, 0.3) is 0 Å². The van der Waals surface area contributed by atoms with E-state index in [1.807, 2.05) is 49.4 Å². The number of rotatable bonds is 9. The van der Waals surface area contributed by atoms with Crippen molar-refractivity contribution >= 4 is 21.5 Å². The van der Waals surface area contributed by atoms with E-state index >= 15 is 0 Å². The second kappa shape index (κ2) is 12.5. The molecule has 0 aliphatic rings. The highest BCUT2D eigenvalue weighted by Crippen LogP contribution is 2.39. The Morgan fingerprint density at radius 3 is 1.62 bits per heavy atom. The van der Waals surface area contributed by atoms with Gasteiger partial charge in [-0.25, -0.2) is 8.42 Å². The Hall–Kier alpha value is -2.96. The first-order chi connectivity index (χ1) is 16.1. The molecule has 0 heterocycles. The smallest absolute Gasteiger partial charge is 0.229 e. The molecular weight excluding hydrogens is 444 g/mol. The number of anilines is 1. The van der Waals surface area contributed by atoms with Gasteiger partial charge in [0.25, 0.3) is 0 Å². The lowest BCUT2D eigenvalue weighted by Crippen LogP contribution is -2.42. The van der Waals surface area contributed by atoms with Crippen LogP contribution in [-0.2, 0) is 20.2 Å². The van der Waals surface area contributed by atoms with E-state index in [-0.39, 0.29) is 5.78 Å². The van der Waals surface area contributed by atoms with Gasteiger partial charge in [0.2, 0.25) is 10.0 Å². The van der Waals surface area contributed by atoms with Gasteiger partial charge in [-0.3, -0.25) is 9.52 Å². The summed E-state index contributed by atoms with van der Waals surface area (Å²) in [5.41, 5.74) is 2.19. The lowest BCUT2D eigenvalue weighted by atomic mass is 9.67. The zero-order chi connectivity index (χ0) is 25.2. The SMILES string of the molecule is CCC(=O)C(CC(C)N(C)C)(c1ccccc1)c1ccccc1.CS(=O)(=O)Nc1ccccc1. The molecule has 0 saturated heterocycles. The third kappa shape index (κ3) is 7.54. The van der Waals surface area contributed by atoms with Crippen molar-refractivity contribution in [3.63, 3.8) is 0 Å². The molecule has 1 N–H and O–H groups in total. The highest BCUT2D eigenvalue weighted by Gasteiger charge is 2.41. The Balaban J connectivity index is 0.000000310. The number of carbonyl (C=O) groups excluding carboxylic acids is 1. The molecule has 3 aromatic carbocycles. The van der Waals surface area contributed by atoms with Gasteiger partial charge in [-0.05, 0) is 50.7 Å². The Labute approximate surface area is 204 Å². The average Bonchev–Trinajstić information content (AvgIpc) is 2.83. The van der Waals surface area contributed by atoms with E-state index in [1.165, 1.54) is 0 Å². The van der Waals surface area contributed by atoms with E-state index in [0.29, 0.717) is 18.2 Å². The van der Waals surface area contributed by atoms with Crippen molar-refractivity contribution in [1.82, 2.24) is 4.90 Å². The zero-order valence-electron chi connectivity index (χ0n) is 20.7. The fraction of sp³-hybridized carbons (Fsp3) is 0.321. The molecule has 0 aliphatic heterocycles. The number of hydrogen-bond donors (Lipinski definition) is 1. The molecule has 5 nitrogen and oxygen atoms in total. The minimum atomic E-state index is -3.13. The van der Waals surface area contributed by atoms with Crippen molar-refractivity contribution in [3.05, 3.63) is 102 Å². The minimum Gasteiger partial charge on any atom is -0.307 e. The summed E-state index contributed by atoms with van der Waals surface area (Å²) in [4.78, 5) is 15.4. The molecular formula is C28H36N2O3S. The molecule has 182 valence electrons. The summed E-state index contributed by atoms with van der Waals surface area (Å²) in [6.45, 7) is 4.15. The summed E-state index contributed by atoms with van der Waals surface area (Å²) in [6.07, 6.45) is 2.44. The van der Waals surface area contributed by atoms with Crippen LogP contribution in [0.5, 0.6) is 0 Å². The molecule has 0 aromatic heterocycles. The van der Waals surface area contributed by atoms with Crippen LogP contribution < -0.4 is 4.72 Å². The highest BCUT2D eigenvalue weighted by atomic mass is 32.2. The number of para-hydroxylation sites is 1. The number of nitrogens with one attached hydrogen (secondary N) is 1. The van der Waals surface area contributed by atoms with E-state index in [9.17, 15) is 13.2 Å². The molecule has 0 fully saturated rings. The topological polar surface area (TPSA) is 66.5 Å². The zero-order valence-corrected chi connectivity index (χ0v) is 21.5. The summed E-state index contributed by atoms with van der Waals surface area (Å²) in [5, 5.41) is 0. The van der Waals surface area contributed by atoms with E-state index in [0.717, 1.165) is 23.8 Å². The van der Waals surface area contributed by atoms with Crippen molar-refractivity contribution in [2.24, 2.45) is 0 Å². The molecule has 6 heteroatoms. The predicted molar refractivity (Wildman–Crippen MR) is 142 cm³/mol. The molecule has 0 spiro atoms. The van der Waals surface area contributed by atoms with Crippen LogP contribution in [0, 0.1) is 0 Å². The van der Waals surface area contributed by atoms with Gasteiger partial charge in [0.15, 0.2) is 0 Å². The summed E-state index contributed by atoms with van der Waals surface area (Å²) >= 11 is 0. The molecule has 3 rings (SSSR count). The third-order valence-corrected chi connectivity index (χ3v) is 6.50. The standard InChI is InChI=1S/C21H27NO.C7H9NO2S/c1-5-20(23)21(16-17(2)22(3)4,18-12-8-6-9-13-18)19-14-10-7-11-15-19;1-11(9,10)8-7-5-3-2-4-6-7/h6-15,17H,5,16H2,1-4H3;2-6,8H,1H3. The predicted octanol–water partition coefficient (Wildman–Crippen LogP) is 5.35. The molecule has 0 bridgehead atoms. The number of benzene rings is 3. The maximum absolute atomic E-state index is 13.2. The minimum absolute atomic E-state index is 0.281. The number of nitrogens with zero attached hydrogens (tertiary/aromatic N) is 1. The first-order valence-corrected chi connectivity index (χ1v) is 13.3. The van der Waals surface area contributed by atoms with E-state index in [2.05, 4.69) is 54.9 Å². The lowest BCUT2D eigenvalue weighted by molar-refractivity contribution is -0.123. The van der Waals surface area contributed by atoms with Crippen molar-refractivity contribution in [2.75, 3.05) is 25.1 Å². The van der Waals surface area contributed by atoms with Crippen LogP contribution in [0.1, 0.15) is 37.8 Å². The van der Waals surface area contributed by atoms with Gasteiger partial charge in [-0.15, -0.1) is 0 Å². The number of carbonyl (C=O) groups is 1. The van der Waals surface area contributed by atoms with Gasteiger partial charge < -0.3 is 4.90 Å². The molecule has 1 unspecified atom stereocenters. The van der Waals surface area contributed by atoms with Crippen LogP contribution in [-0.4, -0.2) is 45.5 Å². The second-order valence-corrected chi connectivity index (χ2v) is 10.4. The van der Waals surface area contributed by atoms with Crippen molar-refractivity contribution in [3.8, 4) is 0 Å². The molecule has 0 amide bonds. The summed E-state index contributed by atoms with van der Waals surface area (Å²) in [7, 11) is 1.02. The van der Waals surface area contributed by atoms with Crippen LogP contribution in [0.3, 0.4) is 0 Å². The number of ketones is 1. The maximum atomic E-state index is 13.2. The van der Waals surface area contributed by atoms with Gasteiger partial charge >= 0.3 is 0 Å². The average molecular weight is 481 g/mol. The first-order valence-electron chi connectivity index (χ1n) is 11.4. The largest absolute Gasteiger partial charge is 0.307 e. The molecule has 1 atom stereocenters. The quantitative estimate of drug-likeness (QED) is 0.448. The van der Waals surface area contributed by atoms with E-state index in [4.69, 9.17) is 0 Å². The van der Waals surface area contributed by atoms with Gasteiger partial charge in [0.1, 0.15) is 5.78 Å². The number of Topliss-reactive ketones (excluding diaryl/α,β-unsaturated/α-hetero) is 1. The summed E-state index contributed by atoms with van der Waals surface area (Å²) in [6, 6.07) is 29.5. The molecule has 0 radical (unpaired) electrons. The van der Waals surface area contributed by atoms with Crippen LogP contribution in [0.2, 0.25) is 0 Å². The Kier molecular flexibility index (Phi) is 10.0. The van der Waals surface area contributed by atoms with Crippen LogP contribution in [0.15, 0.2) is 91.0 Å². The van der Waals surface area contributed by atoms with Gasteiger partial charge in [-0.1, -0.05) is 85.8 Å². The van der Waals surface area contributed by atoms with Gasteiger partial charge in [-0.2, -0.15) is 0 Å². The van der Waals surface area contributed by atoms with Gasteiger partial charge in [0, 0.05) is 18.2 Å². The fourth-order valence-electron chi connectivity index (χ4n) is 3.93. The van der Waals surface area contributed by atoms with Crippen LogP contribution >= 0.6 is 0 Å². The molecule has 0 aliphatic carbocycles. The maximum Gasteiger partial charge on any atom is 0.229 e. The Bertz CT molecular complexity index is 1080.